The van der Waals surface area contributed by atoms with E-state index in [1.54, 1.807) is 12.1 Å². The van der Waals surface area contributed by atoms with E-state index in [2.05, 4.69) is 0 Å². The van der Waals surface area contributed by atoms with Gasteiger partial charge in [-0.25, -0.2) is 0 Å². The highest BCUT2D eigenvalue weighted by atomic mass is 16.6. The van der Waals surface area contributed by atoms with Gasteiger partial charge < -0.3 is 0 Å². The van der Waals surface area contributed by atoms with Gasteiger partial charge in [0.1, 0.15) is 0 Å². The minimum absolute atomic E-state index is 0.0823. The summed E-state index contributed by atoms with van der Waals surface area (Å²) in [7, 11) is 0. The molecular formula is C12H15NO3. The van der Waals surface area contributed by atoms with E-state index in [4.69, 9.17) is 0 Å². The Balaban J connectivity index is 3.21. The Morgan fingerprint density at radius 3 is 2.62 bits per heavy atom. The van der Waals surface area contributed by atoms with E-state index in [-0.39, 0.29) is 17.0 Å². The number of Topliss-reactive ketones (excluding diaryl/α,β-unsaturated/α-hetero) is 1. The molecule has 4 nitrogen and oxygen atoms in total. The van der Waals surface area contributed by atoms with Crippen LogP contribution in [0.5, 0.6) is 0 Å². The van der Waals surface area contributed by atoms with Gasteiger partial charge in [-0.2, -0.15) is 0 Å². The first-order chi connectivity index (χ1) is 7.57. The zero-order valence-electron chi connectivity index (χ0n) is 9.53. The molecular weight excluding hydrogens is 206 g/mol. The van der Waals surface area contributed by atoms with Gasteiger partial charge >= 0.3 is 0 Å². The Hall–Kier alpha value is -1.71. The summed E-state index contributed by atoms with van der Waals surface area (Å²) < 4.78 is 0. The predicted octanol–water partition coefficient (Wildman–Crippen LogP) is 3.14. The van der Waals surface area contributed by atoms with Gasteiger partial charge in [-0.1, -0.05) is 25.5 Å². The first-order valence-corrected chi connectivity index (χ1v) is 5.35. The second kappa shape index (κ2) is 5.39. The van der Waals surface area contributed by atoms with Crippen LogP contribution in [0.3, 0.4) is 0 Å². The van der Waals surface area contributed by atoms with Crippen LogP contribution in [0.25, 0.3) is 0 Å². The normalized spacial score (nSPS) is 10.1. The number of nitro benzene ring substituents is 1. The first-order valence-electron chi connectivity index (χ1n) is 5.35. The van der Waals surface area contributed by atoms with Gasteiger partial charge in [0.25, 0.3) is 5.69 Å². The molecule has 0 aromatic heterocycles. The van der Waals surface area contributed by atoms with Crippen molar-refractivity contribution in [1.82, 2.24) is 0 Å². The lowest BCUT2D eigenvalue weighted by Crippen LogP contribution is -2.05. The van der Waals surface area contributed by atoms with Crippen LogP contribution >= 0.6 is 0 Å². The van der Waals surface area contributed by atoms with Crippen molar-refractivity contribution in [1.29, 1.82) is 0 Å². The number of nitro groups is 1. The Morgan fingerprint density at radius 1 is 1.44 bits per heavy atom. The highest BCUT2D eigenvalue weighted by Gasteiger charge is 2.20. The lowest BCUT2D eigenvalue weighted by atomic mass is 9.98. The molecule has 0 N–H and O–H groups in total. The van der Waals surface area contributed by atoms with Crippen LogP contribution < -0.4 is 0 Å². The lowest BCUT2D eigenvalue weighted by Gasteiger charge is -2.06. The Bertz CT molecular complexity index is 413. The molecule has 0 atom stereocenters. The molecule has 0 aliphatic carbocycles. The van der Waals surface area contributed by atoms with Gasteiger partial charge in [0.15, 0.2) is 5.78 Å². The minimum Gasteiger partial charge on any atom is -0.294 e. The van der Waals surface area contributed by atoms with Crippen LogP contribution in [-0.2, 0) is 6.42 Å². The van der Waals surface area contributed by atoms with Crippen LogP contribution in [-0.4, -0.2) is 10.7 Å². The fourth-order valence-electron chi connectivity index (χ4n) is 1.72. The molecule has 0 unspecified atom stereocenters. The standard InChI is InChI=1S/C12H15NO3/c1-3-4-6-10-7-5-8-11(13(15)16)12(10)9(2)14/h5,7-8H,3-4,6H2,1-2H3. The Labute approximate surface area is 94.4 Å². The third kappa shape index (κ3) is 2.66. The molecule has 0 saturated heterocycles. The summed E-state index contributed by atoms with van der Waals surface area (Å²) >= 11 is 0. The van der Waals surface area contributed by atoms with E-state index in [0.29, 0.717) is 6.42 Å². The monoisotopic (exact) mass is 221 g/mol. The van der Waals surface area contributed by atoms with Crippen molar-refractivity contribution >= 4 is 11.5 Å². The van der Waals surface area contributed by atoms with Crippen molar-refractivity contribution in [2.75, 3.05) is 0 Å². The fraction of sp³-hybridized carbons (Fsp3) is 0.417. The van der Waals surface area contributed by atoms with E-state index >= 15 is 0 Å². The number of rotatable bonds is 5. The molecule has 4 heteroatoms. The van der Waals surface area contributed by atoms with Crippen molar-refractivity contribution in [2.24, 2.45) is 0 Å². The average molecular weight is 221 g/mol. The zero-order valence-corrected chi connectivity index (χ0v) is 9.53. The van der Waals surface area contributed by atoms with Crippen molar-refractivity contribution in [2.45, 2.75) is 33.1 Å². The molecule has 0 aliphatic rings. The number of carbonyl (C=O) groups is 1. The number of unbranched alkanes of at least 4 members (excludes halogenated alkanes) is 1. The van der Waals surface area contributed by atoms with Crippen LogP contribution in [0.1, 0.15) is 42.6 Å². The summed E-state index contributed by atoms with van der Waals surface area (Å²) in [4.78, 5) is 21.8. The first kappa shape index (κ1) is 12.4. The minimum atomic E-state index is -0.494. The zero-order chi connectivity index (χ0) is 12.1. The van der Waals surface area contributed by atoms with E-state index in [0.717, 1.165) is 18.4 Å². The molecule has 0 heterocycles. The second-order valence-electron chi connectivity index (χ2n) is 3.73. The van der Waals surface area contributed by atoms with E-state index < -0.39 is 4.92 Å². The number of benzene rings is 1. The van der Waals surface area contributed by atoms with E-state index in [1.807, 2.05) is 6.92 Å². The van der Waals surface area contributed by atoms with E-state index in [1.165, 1.54) is 13.0 Å². The second-order valence-corrected chi connectivity index (χ2v) is 3.73. The number of carbonyl (C=O) groups excluding carboxylic acids is 1. The third-order valence-electron chi connectivity index (χ3n) is 2.48. The van der Waals surface area contributed by atoms with Crippen LogP contribution in [0.15, 0.2) is 18.2 Å². The molecule has 0 bridgehead atoms. The van der Waals surface area contributed by atoms with Gasteiger partial charge in [0, 0.05) is 6.07 Å². The Kier molecular flexibility index (Phi) is 4.17. The van der Waals surface area contributed by atoms with Gasteiger partial charge in [-0.15, -0.1) is 0 Å². The Morgan fingerprint density at radius 2 is 2.12 bits per heavy atom. The molecule has 0 spiro atoms. The van der Waals surface area contributed by atoms with Crippen molar-refractivity contribution in [3.63, 3.8) is 0 Å². The number of hydrogen-bond donors (Lipinski definition) is 0. The molecule has 1 aromatic rings. The van der Waals surface area contributed by atoms with Crippen molar-refractivity contribution in [3.8, 4) is 0 Å². The van der Waals surface area contributed by atoms with Gasteiger partial charge in [-0.3, -0.25) is 14.9 Å². The molecule has 0 amide bonds. The maximum atomic E-state index is 11.5. The molecule has 0 saturated carbocycles. The molecule has 86 valence electrons. The molecule has 0 radical (unpaired) electrons. The molecule has 16 heavy (non-hydrogen) atoms. The molecule has 0 fully saturated rings. The smallest absolute Gasteiger partial charge is 0.280 e. The number of nitrogens with zero attached hydrogens (tertiary/aromatic N) is 1. The summed E-state index contributed by atoms with van der Waals surface area (Å²) in [6.07, 6.45) is 2.65. The SMILES string of the molecule is CCCCc1cccc([N+](=O)[O-])c1C(C)=O. The highest BCUT2D eigenvalue weighted by Crippen LogP contribution is 2.24. The van der Waals surface area contributed by atoms with Gasteiger partial charge in [0.2, 0.25) is 0 Å². The number of aryl methyl sites for hydroxylation is 1. The summed E-state index contributed by atoms with van der Waals surface area (Å²) in [6, 6.07) is 4.81. The summed E-state index contributed by atoms with van der Waals surface area (Å²) in [5.74, 6) is -0.238. The van der Waals surface area contributed by atoms with Crippen molar-refractivity contribution in [3.05, 3.63) is 39.4 Å². The number of hydrogen-bond acceptors (Lipinski definition) is 3. The lowest BCUT2D eigenvalue weighted by molar-refractivity contribution is -0.385. The maximum Gasteiger partial charge on any atom is 0.280 e. The summed E-state index contributed by atoms with van der Waals surface area (Å²) in [5, 5.41) is 10.8. The fourth-order valence-corrected chi connectivity index (χ4v) is 1.72. The average Bonchev–Trinajstić information content (AvgIpc) is 2.25. The summed E-state index contributed by atoms with van der Waals surface area (Å²) in [5.41, 5.74) is 0.964. The van der Waals surface area contributed by atoms with E-state index in [9.17, 15) is 14.9 Å². The highest BCUT2D eigenvalue weighted by molar-refractivity contribution is 5.99. The van der Waals surface area contributed by atoms with Gasteiger partial charge in [0.05, 0.1) is 10.5 Å². The topological polar surface area (TPSA) is 60.2 Å². The van der Waals surface area contributed by atoms with Crippen molar-refractivity contribution < 1.29 is 9.72 Å². The van der Waals surface area contributed by atoms with Crippen LogP contribution in [0.2, 0.25) is 0 Å². The van der Waals surface area contributed by atoms with Crippen LogP contribution in [0.4, 0.5) is 5.69 Å². The molecule has 1 rings (SSSR count). The summed E-state index contributed by atoms with van der Waals surface area (Å²) in [6.45, 7) is 3.42. The van der Waals surface area contributed by atoms with Crippen LogP contribution in [0, 0.1) is 10.1 Å². The molecule has 1 aromatic carbocycles. The van der Waals surface area contributed by atoms with Gasteiger partial charge in [-0.05, 0) is 25.3 Å². The third-order valence-corrected chi connectivity index (χ3v) is 2.48. The predicted molar refractivity (Wildman–Crippen MR) is 61.7 cm³/mol. The quantitative estimate of drug-likeness (QED) is 0.436. The largest absolute Gasteiger partial charge is 0.294 e. The molecule has 0 aliphatic heterocycles. The maximum absolute atomic E-state index is 11.5. The number of ketones is 1.